The summed E-state index contributed by atoms with van der Waals surface area (Å²) in [5, 5.41) is 8.52. The lowest BCUT2D eigenvalue weighted by Gasteiger charge is -2.23. The summed E-state index contributed by atoms with van der Waals surface area (Å²) in [6.45, 7) is 5.67. The van der Waals surface area contributed by atoms with Crippen LogP contribution in [0.15, 0.2) is 0 Å². The minimum atomic E-state index is -0.562. The summed E-state index contributed by atoms with van der Waals surface area (Å²) in [6, 6.07) is 1.95. The van der Waals surface area contributed by atoms with Gasteiger partial charge in [0.15, 0.2) is 5.78 Å². The molecule has 1 aliphatic rings. The quantitative estimate of drug-likeness (QED) is 0.673. The molecule has 1 aliphatic heterocycles. The van der Waals surface area contributed by atoms with Crippen molar-refractivity contribution >= 4 is 11.9 Å². The number of ketones is 1. The third-order valence-corrected chi connectivity index (χ3v) is 2.23. The summed E-state index contributed by atoms with van der Waals surface area (Å²) in [5.74, 6) is -0.412. The summed E-state index contributed by atoms with van der Waals surface area (Å²) in [4.78, 5) is 24.4. The summed E-state index contributed by atoms with van der Waals surface area (Å²) >= 11 is 0. The smallest absolute Gasteiger partial charge is 0.410 e. The van der Waals surface area contributed by atoms with Crippen LogP contribution < -0.4 is 0 Å². The fourth-order valence-electron chi connectivity index (χ4n) is 1.50. The van der Waals surface area contributed by atoms with E-state index in [-0.39, 0.29) is 24.7 Å². The number of hydrogen-bond donors (Lipinski definition) is 0. The molecule has 1 saturated heterocycles. The highest BCUT2D eigenvalue weighted by Crippen LogP contribution is 2.18. The number of nitriles is 1. The van der Waals surface area contributed by atoms with E-state index in [0.717, 1.165) is 0 Å². The molecule has 1 fully saturated rings. The second-order valence-corrected chi connectivity index (χ2v) is 4.89. The second kappa shape index (κ2) is 4.52. The third kappa shape index (κ3) is 3.23. The van der Waals surface area contributed by atoms with Gasteiger partial charge in [0, 0.05) is 13.0 Å². The summed E-state index contributed by atoms with van der Waals surface area (Å²) in [5.41, 5.74) is -0.562. The van der Waals surface area contributed by atoms with E-state index in [0.29, 0.717) is 6.54 Å². The van der Waals surface area contributed by atoms with Crippen LogP contribution in [0.5, 0.6) is 0 Å². The van der Waals surface area contributed by atoms with Gasteiger partial charge in [-0.25, -0.2) is 4.79 Å². The van der Waals surface area contributed by atoms with Crippen molar-refractivity contribution in [3.63, 3.8) is 0 Å². The maximum absolute atomic E-state index is 11.6. The average Bonchev–Trinajstić information content (AvgIpc) is 2.46. The Kier molecular flexibility index (Phi) is 3.53. The number of likely N-dealkylation sites (tertiary alicyclic amines) is 1. The number of hydrogen-bond acceptors (Lipinski definition) is 4. The molecule has 0 radical (unpaired) electrons. The number of rotatable bonds is 1. The van der Waals surface area contributed by atoms with Crippen molar-refractivity contribution in [2.24, 2.45) is 5.92 Å². The normalized spacial score (nSPS) is 20.8. The maximum atomic E-state index is 11.6. The van der Waals surface area contributed by atoms with Crippen molar-refractivity contribution in [2.45, 2.75) is 32.8 Å². The third-order valence-electron chi connectivity index (χ3n) is 2.23. The van der Waals surface area contributed by atoms with Gasteiger partial charge in [0.25, 0.3) is 0 Å². The number of amides is 1. The van der Waals surface area contributed by atoms with Crippen LogP contribution in [0.4, 0.5) is 4.79 Å². The van der Waals surface area contributed by atoms with E-state index in [4.69, 9.17) is 10.00 Å². The lowest BCUT2D eigenvalue weighted by Crippen LogP contribution is -2.35. The van der Waals surface area contributed by atoms with E-state index in [9.17, 15) is 9.59 Å². The van der Waals surface area contributed by atoms with Crippen LogP contribution in [0.2, 0.25) is 0 Å². The van der Waals surface area contributed by atoms with Crippen molar-refractivity contribution in [3.8, 4) is 6.07 Å². The lowest BCUT2D eigenvalue weighted by atomic mass is 10.1. The molecular weight excluding hydrogens is 208 g/mol. The molecule has 0 aromatic rings. The molecule has 1 unspecified atom stereocenters. The highest BCUT2D eigenvalue weighted by Gasteiger charge is 2.35. The molecule has 16 heavy (non-hydrogen) atoms. The van der Waals surface area contributed by atoms with Crippen molar-refractivity contribution in [3.05, 3.63) is 0 Å². The van der Waals surface area contributed by atoms with Crippen molar-refractivity contribution in [2.75, 3.05) is 13.1 Å². The van der Waals surface area contributed by atoms with Crippen molar-refractivity contribution < 1.29 is 14.3 Å². The molecule has 1 heterocycles. The molecule has 0 aromatic carbocycles. The minimum Gasteiger partial charge on any atom is -0.444 e. The number of carbonyl (C=O) groups is 2. The van der Waals surface area contributed by atoms with Crippen LogP contribution in [0, 0.1) is 17.2 Å². The zero-order valence-electron chi connectivity index (χ0n) is 9.82. The topological polar surface area (TPSA) is 70.4 Å². The molecule has 0 aliphatic carbocycles. The van der Waals surface area contributed by atoms with Gasteiger partial charge < -0.3 is 9.64 Å². The Morgan fingerprint density at radius 2 is 2.25 bits per heavy atom. The summed E-state index contributed by atoms with van der Waals surface area (Å²) in [6.07, 6.45) is -0.320. The molecule has 0 saturated carbocycles. The Morgan fingerprint density at radius 1 is 1.62 bits per heavy atom. The predicted octanol–water partition coefficient (Wildman–Crippen LogP) is 1.34. The molecule has 5 heteroatoms. The standard InChI is InChI=1S/C11H16N2O3/c1-11(2,3)16-10(15)13-6-8(4-5-12)9(14)7-13/h8H,4,6-7H2,1-3H3. The number of Topliss-reactive ketones (excluding diaryl/α,β-unsaturated/α-hetero) is 1. The van der Waals surface area contributed by atoms with Crippen LogP contribution in [0.3, 0.4) is 0 Å². The van der Waals surface area contributed by atoms with Crippen LogP contribution >= 0.6 is 0 Å². The molecule has 5 nitrogen and oxygen atoms in total. The summed E-state index contributed by atoms with van der Waals surface area (Å²) < 4.78 is 5.15. The average molecular weight is 224 g/mol. The molecule has 1 atom stereocenters. The number of ether oxygens (including phenoxy) is 1. The van der Waals surface area contributed by atoms with Gasteiger partial charge in [-0.15, -0.1) is 0 Å². The van der Waals surface area contributed by atoms with Gasteiger partial charge >= 0.3 is 6.09 Å². The largest absolute Gasteiger partial charge is 0.444 e. The van der Waals surface area contributed by atoms with Crippen molar-refractivity contribution in [1.82, 2.24) is 4.90 Å². The molecular formula is C11H16N2O3. The highest BCUT2D eigenvalue weighted by molar-refractivity contribution is 5.89. The van der Waals surface area contributed by atoms with Crippen molar-refractivity contribution in [1.29, 1.82) is 5.26 Å². The zero-order chi connectivity index (χ0) is 12.3. The Balaban J connectivity index is 2.56. The second-order valence-electron chi connectivity index (χ2n) is 4.89. The maximum Gasteiger partial charge on any atom is 0.410 e. The molecule has 0 N–H and O–H groups in total. The zero-order valence-corrected chi connectivity index (χ0v) is 9.82. The van der Waals surface area contributed by atoms with Gasteiger partial charge in [-0.05, 0) is 20.8 Å². The molecule has 0 aromatic heterocycles. The van der Waals surface area contributed by atoms with E-state index >= 15 is 0 Å². The monoisotopic (exact) mass is 224 g/mol. The molecule has 88 valence electrons. The van der Waals surface area contributed by atoms with Gasteiger partial charge in [0.1, 0.15) is 5.60 Å². The first-order valence-corrected chi connectivity index (χ1v) is 5.21. The fraction of sp³-hybridized carbons (Fsp3) is 0.727. The van der Waals surface area contributed by atoms with Gasteiger partial charge in [-0.3, -0.25) is 4.79 Å². The molecule has 1 rings (SSSR count). The van der Waals surface area contributed by atoms with Gasteiger partial charge in [-0.1, -0.05) is 0 Å². The first-order chi connectivity index (χ1) is 7.33. The Morgan fingerprint density at radius 3 is 2.75 bits per heavy atom. The van der Waals surface area contributed by atoms with E-state index in [2.05, 4.69) is 0 Å². The van der Waals surface area contributed by atoms with Crippen LogP contribution in [0.1, 0.15) is 27.2 Å². The van der Waals surface area contributed by atoms with Gasteiger partial charge in [0.05, 0.1) is 18.5 Å². The lowest BCUT2D eigenvalue weighted by molar-refractivity contribution is -0.119. The van der Waals surface area contributed by atoms with Gasteiger partial charge in [0.2, 0.25) is 0 Å². The van der Waals surface area contributed by atoms with Crippen LogP contribution in [0.25, 0.3) is 0 Å². The van der Waals surface area contributed by atoms with E-state index in [1.54, 1.807) is 20.8 Å². The van der Waals surface area contributed by atoms with Crippen LogP contribution in [-0.4, -0.2) is 35.5 Å². The fourth-order valence-corrected chi connectivity index (χ4v) is 1.50. The molecule has 0 bridgehead atoms. The Labute approximate surface area is 95.0 Å². The SMILES string of the molecule is CC(C)(C)OC(=O)N1CC(=O)C(CC#N)C1. The van der Waals surface area contributed by atoms with Crippen LogP contribution in [-0.2, 0) is 9.53 Å². The van der Waals surface area contributed by atoms with E-state index < -0.39 is 11.7 Å². The Bertz CT molecular complexity index is 338. The van der Waals surface area contributed by atoms with E-state index in [1.165, 1.54) is 4.90 Å². The predicted molar refractivity (Wildman–Crippen MR) is 56.5 cm³/mol. The molecule has 0 spiro atoms. The minimum absolute atomic E-state index is 0.0568. The first kappa shape index (κ1) is 12.5. The first-order valence-electron chi connectivity index (χ1n) is 5.21. The Hall–Kier alpha value is -1.57. The number of carbonyl (C=O) groups excluding carboxylic acids is 2. The number of nitrogens with zero attached hydrogens (tertiary/aromatic N) is 2. The van der Waals surface area contributed by atoms with Gasteiger partial charge in [-0.2, -0.15) is 5.26 Å². The molecule has 1 amide bonds. The van der Waals surface area contributed by atoms with E-state index in [1.807, 2.05) is 6.07 Å². The summed E-state index contributed by atoms with van der Waals surface area (Å²) in [7, 11) is 0. The highest BCUT2D eigenvalue weighted by atomic mass is 16.6.